The van der Waals surface area contributed by atoms with E-state index in [0.29, 0.717) is 0 Å². The summed E-state index contributed by atoms with van der Waals surface area (Å²) in [7, 11) is 0. The summed E-state index contributed by atoms with van der Waals surface area (Å²) in [5.41, 5.74) is 19.6. The summed E-state index contributed by atoms with van der Waals surface area (Å²) in [4.78, 5) is 0. The molecule has 0 unspecified atom stereocenters. The summed E-state index contributed by atoms with van der Waals surface area (Å²) in [6.07, 6.45) is 0. The second-order valence-corrected chi connectivity index (χ2v) is 16.7. The largest absolute Gasteiger partial charge is 0.458 e. The van der Waals surface area contributed by atoms with Gasteiger partial charge in [-0.05, 0) is 114 Å². The number of fused-ring (bicyclic) bond motifs is 12. The highest BCUT2D eigenvalue weighted by atomic mass is 16.5. The fraction of sp³-hybridized carbons (Fsp3) is 0.217. The van der Waals surface area contributed by atoms with E-state index >= 15 is 0 Å². The van der Waals surface area contributed by atoms with Crippen LogP contribution in [0.1, 0.15) is 72.2 Å². The fourth-order valence-corrected chi connectivity index (χ4v) is 10.8. The molecule has 7 aromatic rings. The molecule has 51 heavy (non-hydrogen) atoms. The number of aryl methyl sites for hydroxylation is 4. The Kier molecular flexibility index (Phi) is 5.44. The molecule has 0 amide bonds. The molecule has 0 atom stereocenters. The van der Waals surface area contributed by atoms with Crippen molar-refractivity contribution in [3.63, 3.8) is 0 Å². The van der Waals surface area contributed by atoms with Gasteiger partial charge in [-0.2, -0.15) is 0 Å². The number of hydrogen-bond acceptors (Lipinski definition) is 3. The van der Waals surface area contributed by atoms with E-state index in [4.69, 9.17) is 13.9 Å². The number of ether oxygens (including phenoxy) is 2. The van der Waals surface area contributed by atoms with Gasteiger partial charge in [0.1, 0.15) is 34.2 Å². The Hall–Kier alpha value is -5.15. The van der Waals surface area contributed by atoms with Crippen LogP contribution in [0.3, 0.4) is 0 Å². The van der Waals surface area contributed by atoms with Crippen LogP contribution in [0.4, 0.5) is 0 Å². The number of furan rings is 1. The van der Waals surface area contributed by atoms with Gasteiger partial charge in [0.15, 0.2) is 0 Å². The topological polar surface area (TPSA) is 31.6 Å². The van der Waals surface area contributed by atoms with E-state index < -0.39 is 0 Å². The van der Waals surface area contributed by atoms with E-state index in [1.54, 1.807) is 0 Å². The summed E-state index contributed by atoms with van der Waals surface area (Å²) in [5.74, 6) is 3.83. The summed E-state index contributed by atoms with van der Waals surface area (Å²) >= 11 is 0. The summed E-state index contributed by atoms with van der Waals surface area (Å²) in [6, 6.07) is 31.6. The predicted molar refractivity (Wildman–Crippen MR) is 212 cm³/mol. The van der Waals surface area contributed by atoms with Gasteiger partial charge in [-0.25, -0.2) is 0 Å². The summed E-state index contributed by atoms with van der Waals surface area (Å²) < 4.78 is 20.5. The molecule has 0 aliphatic carbocycles. The van der Waals surface area contributed by atoms with Gasteiger partial charge in [0.2, 0.25) is 0 Å². The first-order valence-corrected chi connectivity index (χ1v) is 18.3. The lowest BCUT2D eigenvalue weighted by atomic mass is 9.30. The quantitative estimate of drug-likeness (QED) is 0.160. The molecule has 4 aliphatic heterocycles. The molecular weight excluding hydrogens is 622 g/mol. The van der Waals surface area contributed by atoms with Crippen LogP contribution >= 0.6 is 0 Å². The highest BCUT2D eigenvalue weighted by molar-refractivity contribution is 6.98. The van der Waals surface area contributed by atoms with E-state index in [1.807, 2.05) is 0 Å². The zero-order chi connectivity index (χ0) is 34.9. The standard InChI is InChI=1S/C46H38B2O3/c1-23-9-15-34-32(19-23)47-30-14-13-27-28-21-29-31(22-38(28)51-44(27)41(30)46(7,8)40-26(4)12-18-37(49-34)43(40)47)48-33-20-24(2)10-16-35(33)50-36-17-11-25(3)39(42(36)48)45(29,5)6/h9-22H,1-8H3. The van der Waals surface area contributed by atoms with Crippen LogP contribution in [0.2, 0.25) is 0 Å². The monoisotopic (exact) mass is 660 g/mol. The molecule has 0 saturated heterocycles. The molecule has 11 rings (SSSR count). The maximum absolute atomic E-state index is 7.23. The molecule has 0 saturated carbocycles. The Morgan fingerprint density at radius 2 is 1.02 bits per heavy atom. The van der Waals surface area contributed by atoms with Gasteiger partial charge in [-0.15, -0.1) is 0 Å². The Morgan fingerprint density at radius 1 is 0.471 bits per heavy atom. The second-order valence-electron chi connectivity index (χ2n) is 16.7. The predicted octanol–water partition coefficient (Wildman–Crippen LogP) is 7.34. The van der Waals surface area contributed by atoms with E-state index in [1.165, 1.54) is 88.1 Å². The Balaban J connectivity index is 1.22. The van der Waals surface area contributed by atoms with E-state index in [0.717, 1.165) is 34.2 Å². The van der Waals surface area contributed by atoms with Gasteiger partial charge in [0.25, 0.3) is 13.4 Å². The second kappa shape index (κ2) is 9.39. The lowest BCUT2D eigenvalue weighted by molar-refractivity contribution is 0.484. The van der Waals surface area contributed by atoms with Gasteiger partial charge in [-0.1, -0.05) is 98.3 Å². The van der Waals surface area contributed by atoms with Crippen molar-refractivity contribution in [3.05, 3.63) is 129 Å². The lowest BCUT2D eigenvalue weighted by Gasteiger charge is -2.42. The molecule has 5 heteroatoms. The van der Waals surface area contributed by atoms with Crippen LogP contribution in [0.15, 0.2) is 89.3 Å². The third kappa shape index (κ3) is 3.57. The normalized spacial score (nSPS) is 16.4. The van der Waals surface area contributed by atoms with Crippen molar-refractivity contribution in [2.75, 3.05) is 0 Å². The maximum atomic E-state index is 7.23. The minimum atomic E-state index is -0.308. The minimum Gasteiger partial charge on any atom is -0.458 e. The first-order valence-electron chi connectivity index (χ1n) is 18.3. The number of rotatable bonds is 0. The van der Waals surface area contributed by atoms with Crippen molar-refractivity contribution in [1.29, 1.82) is 0 Å². The van der Waals surface area contributed by atoms with Crippen LogP contribution in [0, 0.1) is 27.7 Å². The summed E-state index contributed by atoms with van der Waals surface area (Å²) in [6.45, 7) is 18.5. The molecule has 0 N–H and O–H groups in total. The van der Waals surface area contributed by atoms with Gasteiger partial charge in [-0.3, -0.25) is 0 Å². The molecule has 0 spiro atoms. The van der Waals surface area contributed by atoms with Gasteiger partial charge >= 0.3 is 0 Å². The van der Waals surface area contributed by atoms with E-state index in [2.05, 4.69) is 140 Å². The van der Waals surface area contributed by atoms with Crippen LogP contribution in [0.5, 0.6) is 23.0 Å². The highest BCUT2D eigenvalue weighted by Gasteiger charge is 2.49. The number of hydrogen-bond donors (Lipinski definition) is 0. The third-order valence-corrected chi connectivity index (χ3v) is 12.8. The SMILES string of the molecule is Cc1ccc2c(c1)B1c3cc4oc5c6c(ccc5c4cc3C(C)(C)c3c(C)ccc(c31)O2)B1c2cc(C)ccc2Oc2ccc(C)c(c21)C6(C)C. The smallest absolute Gasteiger partial charge is 0.251 e. The number of benzene rings is 6. The summed E-state index contributed by atoms with van der Waals surface area (Å²) in [5, 5.41) is 2.37. The Bertz CT molecular complexity index is 2770. The fourth-order valence-electron chi connectivity index (χ4n) is 10.8. The van der Waals surface area contributed by atoms with E-state index in [-0.39, 0.29) is 24.3 Å². The molecule has 0 bridgehead atoms. The van der Waals surface area contributed by atoms with Crippen molar-refractivity contribution in [2.24, 2.45) is 0 Å². The zero-order valence-corrected chi connectivity index (χ0v) is 30.5. The van der Waals surface area contributed by atoms with Crippen molar-refractivity contribution in [1.82, 2.24) is 0 Å². The van der Waals surface area contributed by atoms with Crippen LogP contribution in [-0.2, 0) is 10.8 Å². The van der Waals surface area contributed by atoms with Crippen LogP contribution in [0.25, 0.3) is 21.9 Å². The average Bonchev–Trinajstić information content (AvgIpc) is 3.45. The molecule has 0 radical (unpaired) electrons. The molecule has 4 aliphatic rings. The highest BCUT2D eigenvalue weighted by Crippen LogP contribution is 2.46. The third-order valence-electron chi connectivity index (χ3n) is 12.8. The molecular formula is C46H38B2O3. The first-order chi connectivity index (χ1) is 24.4. The molecule has 246 valence electrons. The molecule has 0 fully saturated rings. The lowest BCUT2D eigenvalue weighted by Crippen LogP contribution is -2.62. The Morgan fingerprint density at radius 3 is 1.63 bits per heavy atom. The average molecular weight is 660 g/mol. The van der Waals surface area contributed by atoms with Crippen LogP contribution < -0.4 is 42.3 Å². The molecule has 1 aromatic heterocycles. The van der Waals surface area contributed by atoms with Crippen molar-refractivity contribution in [3.8, 4) is 23.0 Å². The minimum absolute atomic E-state index is 0.0690. The molecule has 3 nitrogen and oxygen atoms in total. The van der Waals surface area contributed by atoms with Crippen LogP contribution in [-0.4, -0.2) is 13.4 Å². The van der Waals surface area contributed by atoms with Gasteiger partial charge in [0.05, 0.1) is 0 Å². The van der Waals surface area contributed by atoms with E-state index in [9.17, 15) is 0 Å². The molecule has 5 heterocycles. The first kappa shape index (κ1) is 29.6. The van der Waals surface area contributed by atoms with Crippen molar-refractivity contribution in [2.45, 2.75) is 66.2 Å². The van der Waals surface area contributed by atoms with Gasteiger partial charge in [0, 0.05) is 27.2 Å². The van der Waals surface area contributed by atoms with Crippen molar-refractivity contribution < 1.29 is 13.9 Å². The van der Waals surface area contributed by atoms with Crippen molar-refractivity contribution >= 4 is 68.1 Å². The maximum Gasteiger partial charge on any atom is 0.251 e. The molecule has 6 aromatic carbocycles. The zero-order valence-electron chi connectivity index (χ0n) is 30.5. The Labute approximate surface area is 299 Å². The van der Waals surface area contributed by atoms with Gasteiger partial charge < -0.3 is 13.9 Å².